The summed E-state index contributed by atoms with van der Waals surface area (Å²) in [6.45, 7) is 1.65. The van der Waals surface area contributed by atoms with Crippen LogP contribution in [0.3, 0.4) is 0 Å². The van der Waals surface area contributed by atoms with Gasteiger partial charge in [0.2, 0.25) is 5.84 Å². The average molecular weight is 374 g/mol. The maximum atomic E-state index is 12.0. The average Bonchev–Trinajstić information content (AvgIpc) is 2.65. The number of amidine groups is 1. The first-order chi connectivity index (χ1) is 12.9. The summed E-state index contributed by atoms with van der Waals surface area (Å²) < 4.78 is 4.96. The summed E-state index contributed by atoms with van der Waals surface area (Å²) >= 11 is 0. The number of carbonyl (C=O) groups excluding carboxylic acids is 1. The minimum atomic E-state index is -0.669. The first-order valence-electron chi connectivity index (χ1n) is 8.06. The molecule has 0 amide bonds. The molecule has 0 heterocycles. The fourth-order valence-electron chi connectivity index (χ4n) is 2.34. The molecule has 0 spiro atoms. The van der Waals surface area contributed by atoms with Gasteiger partial charge in [-0.2, -0.15) is 5.26 Å². The predicted molar refractivity (Wildman–Crippen MR) is 98.8 cm³/mol. The van der Waals surface area contributed by atoms with E-state index in [1.54, 1.807) is 31.2 Å². The Morgan fingerprint density at radius 1 is 1.52 bits per heavy atom. The number of hydrogen-bond acceptors (Lipinski definition) is 8. The van der Waals surface area contributed by atoms with Crippen molar-refractivity contribution in [2.24, 2.45) is 10.7 Å². The van der Waals surface area contributed by atoms with Crippen molar-refractivity contribution in [1.29, 1.82) is 5.26 Å². The second-order valence-electron chi connectivity index (χ2n) is 5.29. The van der Waals surface area contributed by atoms with Crippen molar-refractivity contribution in [3.05, 3.63) is 57.0 Å². The van der Waals surface area contributed by atoms with E-state index in [2.05, 4.69) is 10.3 Å². The van der Waals surface area contributed by atoms with Crippen molar-refractivity contribution in [1.82, 2.24) is 10.2 Å². The van der Waals surface area contributed by atoms with Crippen LogP contribution in [0.15, 0.2) is 40.8 Å². The molecule has 1 aromatic carbocycles. The lowest BCUT2D eigenvalue weighted by Gasteiger charge is -2.24. The standard InChI is InChI=1S/C17H22N6O4/c1-4-27-14(24)11-22(10-13-7-5-6-12(8-13)9-18)17(21-3)15(23(25)26)16(19)20-2/h5-8,20H,4,10-11,19H2,1-3H3/b16-15+,21-17+. The van der Waals surface area contributed by atoms with Crippen molar-refractivity contribution in [2.45, 2.75) is 13.5 Å². The third kappa shape index (κ3) is 6.00. The Morgan fingerprint density at radius 2 is 2.22 bits per heavy atom. The molecule has 0 radical (unpaired) electrons. The Kier molecular flexibility index (Phi) is 8.25. The van der Waals surface area contributed by atoms with Gasteiger partial charge >= 0.3 is 11.7 Å². The molecule has 0 aliphatic rings. The van der Waals surface area contributed by atoms with Gasteiger partial charge in [-0.3, -0.25) is 19.9 Å². The third-order valence-corrected chi connectivity index (χ3v) is 3.48. The summed E-state index contributed by atoms with van der Waals surface area (Å²) in [5.41, 5.74) is 6.36. The van der Waals surface area contributed by atoms with Crippen LogP contribution in [0.2, 0.25) is 0 Å². The molecule has 0 fully saturated rings. The van der Waals surface area contributed by atoms with Gasteiger partial charge in [-0.05, 0) is 24.6 Å². The Bertz CT molecular complexity index is 797. The second-order valence-corrected chi connectivity index (χ2v) is 5.29. The molecule has 0 unspecified atom stereocenters. The van der Waals surface area contributed by atoms with E-state index in [4.69, 9.17) is 15.7 Å². The fraction of sp³-hybridized carbons (Fsp3) is 0.353. The molecular formula is C17H22N6O4. The van der Waals surface area contributed by atoms with Crippen molar-refractivity contribution in [3.8, 4) is 6.07 Å². The zero-order valence-electron chi connectivity index (χ0n) is 15.4. The van der Waals surface area contributed by atoms with Crippen LogP contribution in [0.5, 0.6) is 0 Å². The number of esters is 1. The molecule has 27 heavy (non-hydrogen) atoms. The number of rotatable bonds is 8. The molecule has 0 bridgehead atoms. The van der Waals surface area contributed by atoms with Crippen LogP contribution in [0.25, 0.3) is 0 Å². The Morgan fingerprint density at radius 3 is 2.74 bits per heavy atom. The van der Waals surface area contributed by atoms with Gasteiger partial charge in [0.1, 0.15) is 6.54 Å². The van der Waals surface area contributed by atoms with Crippen LogP contribution in [-0.4, -0.2) is 48.9 Å². The topological polar surface area (TPSA) is 147 Å². The van der Waals surface area contributed by atoms with Gasteiger partial charge in [0, 0.05) is 20.6 Å². The summed E-state index contributed by atoms with van der Waals surface area (Å²) in [6.07, 6.45) is 0. The number of nitriles is 1. The smallest absolute Gasteiger partial charge is 0.350 e. The molecular weight excluding hydrogens is 352 g/mol. The molecule has 10 nitrogen and oxygen atoms in total. The number of ether oxygens (including phenoxy) is 1. The van der Waals surface area contributed by atoms with E-state index >= 15 is 0 Å². The molecule has 1 aromatic rings. The molecule has 0 aliphatic carbocycles. The van der Waals surface area contributed by atoms with Crippen LogP contribution in [0.1, 0.15) is 18.1 Å². The van der Waals surface area contributed by atoms with E-state index in [1.807, 2.05) is 6.07 Å². The number of benzene rings is 1. The highest BCUT2D eigenvalue weighted by Gasteiger charge is 2.30. The normalized spacial score (nSPS) is 11.9. The molecule has 3 N–H and O–H groups in total. The van der Waals surface area contributed by atoms with Crippen LogP contribution in [0.4, 0.5) is 0 Å². The van der Waals surface area contributed by atoms with E-state index in [9.17, 15) is 14.9 Å². The lowest BCUT2D eigenvalue weighted by molar-refractivity contribution is -0.417. The van der Waals surface area contributed by atoms with Crippen molar-refractivity contribution >= 4 is 11.8 Å². The summed E-state index contributed by atoms with van der Waals surface area (Å²) in [6, 6.07) is 8.71. The summed E-state index contributed by atoms with van der Waals surface area (Å²) in [5.74, 6) is -0.844. The Hall–Kier alpha value is -3.61. The minimum absolute atomic E-state index is 0.0812. The molecule has 0 saturated heterocycles. The number of carbonyl (C=O) groups is 1. The third-order valence-electron chi connectivity index (χ3n) is 3.48. The van der Waals surface area contributed by atoms with Crippen molar-refractivity contribution in [2.75, 3.05) is 27.2 Å². The van der Waals surface area contributed by atoms with Crippen molar-refractivity contribution < 1.29 is 14.5 Å². The lowest BCUT2D eigenvalue weighted by Crippen LogP contribution is -2.40. The van der Waals surface area contributed by atoms with E-state index in [0.29, 0.717) is 11.1 Å². The summed E-state index contributed by atoms with van der Waals surface area (Å²) in [5, 5.41) is 23.1. The Labute approximate surface area is 157 Å². The summed E-state index contributed by atoms with van der Waals surface area (Å²) in [4.78, 5) is 28.2. The largest absolute Gasteiger partial charge is 0.465 e. The number of hydrogen-bond donors (Lipinski definition) is 2. The molecule has 0 aliphatic heterocycles. The van der Waals surface area contributed by atoms with Gasteiger partial charge in [0.05, 0.1) is 23.2 Å². The summed E-state index contributed by atoms with van der Waals surface area (Å²) in [7, 11) is 2.81. The van der Waals surface area contributed by atoms with Crippen LogP contribution < -0.4 is 11.1 Å². The van der Waals surface area contributed by atoms with Gasteiger partial charge in [-0.15, -0.1) is 0 Å². The zero-order chi connectivity index (χ0) is 20.4. The van der Waals surface area contributed by atoms with Crippen molar-refractivity contribution in [3.63, 3.8) is 0 Å². The van der Waals surface area contributed by atoms with Gasteiger partial charge < -0.3 is 20.7 Å². The number of nitrogens with two attached hydrogens (primary N) is 1. The molecule has 1 rings (SSSR count). The van der Waals surface area contributed by atoms with Crippen LogP contribution in [0, 0.1) is 21.4 Å². The van der Waals surface area contributed by atoms with E-state index < -0.39 is 16.6 Å². The quantitative estimate of drug-likeness (QED) is 0.221. The highest BCUT2D eigenvalue weighted by Crippen LogP contribution is 2.14. The van der Waals surface area contributed by atoms with Crippen LogP contribution >= 0.6 is 0 Å². The predicted octanol–water partition coefficient (Wildman–Crippen LogP) is 0.576. The lowest BCUT2D eigenvalue weighted by atomic mass is 10.1. The zero-order valence-corrected chi connectivity index (χ0v) is 15.4. The number of aliphatic imine (C=N–C) groups is 1. The minimum Gasteiger partial charge on any atom is -0.465 e. The monoisotopic (exact) mass is 374 g/mol. The van der Waals surface area contributed by atoms with E-state index in [0.717, 1.165) is 0 Å². The van der Waals surface area contributed by atoms with Gasteiger partial charge in [-0.25, -0.2) is 0 Å². The molecule has 0 atom stereocenters. The highest BCUT2D eigenvalue weighted by atomic mass is 16.6. The SMILES string of the molecule is CCOC(=O)CN(Cc1cccc(C#N)c1)C(=N/C)/C(=C(/N)NC)[N+](=O)[O-]. The first kappa shape index (κ1) is 21.4. The number of nitrogens with one attached hydrogen (secondary N) is 1. The Balaban J connectivity index is 3.35. The van der Waals surface area contributed by atoms with Gasteiger partial charge in [0.15, 0.2) is 5.82 Å². The maximum Gasteiger partial charge on any atom is 0.350 e. The number of nitrogens with zero attached hydrogens (tertiary/aromatic N) is 4. The number of nitro groups is 1. The van der Waals surface area contributed by atoms with Gasteiger partial charge in [-0.1, -0.05) is 12.1 Å². The molecule has 144 valence electrons. The second kappa shape index (κ2) is 10.4. The van der Waals surface area contributed by atoms with E-state index in [1.165, 1.54) is 19.0 Å². The van der Waals surface area contributed by atoms with E-state index in [-0.39, 0.29) is 31.4 Å². The first-order valence-corrected chi connectivity index (χ1v) is 8.06. The molecule has 0 aromatic heterocycles. The van der Waals surface area contributed by atoms with Gasteiger partial charge in [0.25, 0.3) is 0 Å². The maximum absolute atomic E-state index is 12.0. The van der Waals surface area contributed by atoms with Crippen LogP contribution in [-0.2, 0) is 16.1 Å². The molecule has 0 saturated carbocycles. The fourth-order valence-corrected chi connectivity index (χ4v) is 2.34. The molecule has 10 heteroatoms. The highest BCUT2D eigenvalue weighted by molar-refractivity contribution is 5.98.